The van der Waals surface area contributed by atoms with Crippen LogP contribution in [0.25, 0.3) is 10.9 Å². The summed E-state index contributed by atoms with van der Waals surface area (Å²) >= 11 is 0. The van der Waals surface area contributed by atoms with Crippen molar-refractivity contribution in [2.45, 2.75) is 32.7 Å². The van der Waals surface area contributed by atoms with Gasteiger partial charge in [-0.1, -0.05) is 38.1 Å². The Morgan fingerprint density at radius 2 is 1.89 bits per heavy atom. The summed E-state index contributed by atoms with van der Waals surface area (Å²) < 4.78 is 0. The van der Waals surface area contributed by atoms with E-state index >= 15 is 0 Å². The molecule has 0 radical (unpaired) electrons. The van der Waals surface area contributed by atoms with Crippen LogP contribution in [0.1, 0.15) is 26.0 Å². The van der Waals surface area contributed by atoms with Crippen LogP contribution in [-0.4, -0.2) is 18.1 Å². The van der Waals surface area contributed by atoms with Gasteiger partial charge in [-0.05, 0) is 31.5 Å². The highest BCUT2D eigenvalue weighted by atomic mass is 14.9. The van der Waals surface area contributed by atoms with Crippen LogP contribution in [0.4, 0.5) is 0 Å². The van der Waals surface area contributed by atoms with Crippen LogP contribution in [0, 0.1) is 5.92 Å². The molecule has 96 valence electrons. The first-order chi connectivity index (χ1) is 8.69. The van der Waals surface area contributed by atoms with Gasteiger partial charge < -0.3 is 5.32 Å². The summed E-state index contributed by atoms with van der Waals surface area (Å²) in [4.78, 5) is 4.73. The molecule has 0 aliphatic rings. The number of hydrogen-bond acceptors (Lipinski definition) is 2. The largest absolute Gasteiger partial charge is 0.317 e. The van der Waals surface area contributed by atoms with E-state index < -0.39 is 0 Å². The number of nitrogens with one attached hydrogen (secondary N) is 1. The second-order valence-corrected chi connectivity index (χ2v) is 5.31. The number of nitrogens with zero attached hydrogens (tertiary/aromatic N) is 1. The Bertz CT molecular complexity index is 505. The van der Waals surface area contributed by atoms with Gasteiger partial charge in [0.05, 0.1) is 5.52 Å². The minimum absolute atomic E-state index is 0.513. The average Bonchev–Trinajstić information content (AvgIpc) is 2.37. The molecular weight excluding hydrogens is 220 g/mol. The van der Waals surface area contributed by atoms with E-state index in [0.717, 1.165) is 11.9 Å². The zero-order chi connectivity index (χ0) is 13.0. The second-order valence-electron chi connectivity index (χ2n) is 5.31. The molecule has 1 atom stereocenters. The summed E-state index contributed by atoms with van der Waals surface area (Å²) in [5.41, 5.74) is 2.27. The second kappa shape index (κ2) is 5.96. The Kier molecular flexibility index (Phi) is 4.32. The molecule has 0 spiro atoms. The maximum absolute atomic E-state index is 4.73. The predicted octanol–water partition coefficient (Wildman–Crippen LogP) is 3.41. The van der Waals surface area contributed by atoms with Crippen LogP contribution in [0.2, 0.25) is 0 Å². The van der Waals surface area contributed by atoms with Gasteiger partial charge in [0, 0.05) is 23.5 Å². The van der Waals surface area contributed by atoms with Gasteiger partial charge in [-0.2, -0.15) is 0 Å². The standard InChI is InChI=1S/C16H22N2/c1-12(2)10-15(17-3)11-14-9-8-13-6-4-5-7-16(13)18-14/h4-9,12,15,17H,10-11H2,1-3H3. The number of hydrogen-bond donors (Lipinski definition) is 1. The van der Waals surface area contributed by atoms with Gasteiger partial charge in [0.25, 0.3) is 0 Å². The van der Waals surface area contributed by atoms with Gasteiger partial charge in [-0.25, -0.2) is 0 Å². The monoisotopic (exact) mass is 242 g/mol. The number of likely N-dealkylation sites (N-methyl/N-ethyl adjacent to an activating group) is 1. The average molecular weight is 242 g/mol. The van der Waals surface area contributed by atoms with Gasteiger partial charge in [0.2, 0.25) is 0 Å². The highest BCUT2D eigenvalue weighted by Crippen LogP contribution is 2.14. The Hall–Kier alpha value is -1.41. The van der Waals surface area contributed by atoms with Crippen molar-refractivity contribution >= 4 is 10.9 Å². The van der Waals surface area contributed by atoms with Crippen molar-refractivity contribution in [3.8, 4) is 0 Å². The van der Waals surface area contributed by atoms with Crippen molar-refractivity contribution < 1.29 is 0 Å². The summed E-state index contributed by atoms with van der Waals surface area (Å²) in [6.45, 7) is 4.52. The van der Waals surface area contributed by atoms with Crippen molar-refractivity contribution in [2.75, 3.05) is 7.05 Å². The molecule has 18 heavy (non-hydrogen) atoms. The van der Waals surface area contributed by atoms with Crippen molar-refractivity contribution in [3.05, 3.63) is 42.1 Å². The van der Waals surface area contributed by atoms with Gasteiger partial charge in [-0.15, -0.1) is 0 Å². The van der Waals surface area contributed by atoms with Crippen LogP contribution >= 0.6 is 0 Å². The van der Waals surface area contributed by atoms with Crippen LogP contribution in [-0.2, 0) is 6.42 Å². The van der Waals surface area contributed by atoms with Gasteiger partial charge >= 0.3 is 0 Å². The molecule has 1 unspecified atom stereocenters. The normalized spacial score (nSPS) is 13.1. The highest BCUT2D eigenvalue weighted by Gasteiger charge is 2.10. The first-order valence-electron chi connectivity index (χ1n) is 6.71. The number of benzene rings is 1. The maximum Gasteiger partial charge on any atom is 0.0705 e. The molecule has 2 heteroatoms. The topological polar surface area (TPSA) is 24.9 Å². The fourth-order valence-corrected chi connectivity index (χ4v) is 2.35. The Balaban J connectivity index is 2.15. The van der Waals surface area contributed by atoms with Crippen LogP contribution in [0.15, 0.2) is 36.4 Å². The molecule has 1 heterocycles. The van der Waals surface area contributed by atoms with Crippen molar-refractivity contribution in [2.24, 2.45) is 5.92 Å². The van der Waals surface area contributed by atoms with Crippen LogP contribution in [0.3, 0.4) is 0 Å². The molecule has 0 amide bonds. The van der Waals surface area contributed by atoms with Crippen LogP contribution < -0.4 is 5.32 Å². The van der Waals surface area contributed by atoms with E-state index in [4.69, 9.17) is 4.98 Å². The third-order valence-corrected chi connectivity index (χ3v) is 3.28. The lowest BCUT2D eigenvalue weighted by Gasteiger charge is -2.18. The smallest absolute Gasteiger partial charge is 0.0705 e. The Morgan fingerprint density at radius 3 is 2.61 bits per heavy atom. The summed E-state index contributed by atoms with van der Waals surface area (Å²) in [6, 6.07) is 13.1. The Morgan fingerprint density at radius 1 is 1.11 bits per heavy atom. The third-order valence-electron chi connectivity index (χ3n) is 3.28. The molecule has 0 saturated heterocycles. The predicted molar refractivity (Wildman–Crippen MR) is 77.7 cm³/mol. The minimum atomic E-state index is 0.513. The van der Waals surface area contributed by atoms with Crippen molar-refractivity contribution in [3.63, 3.8) is 0 Å². The van der Waals surface area contributed by atoms with Crippen molar-refractivity contribution in [1.82, 2.24) is 10.3 Å². The van der Waals surface area contributed by atoms with E-state index in [2.05, 4.69) is 49.5 Å². The van der Waals surface area contributed by atoms with E-state index in [1.807, 2.05) is 13.1 Å². The molecule has 0 bridgehead atoms. The lowest BCUT2D eigenvalue weighted by molar-refractivity contribution is 0.438. The molecule has 2 nitrogen and oxygen atoms in total. The first kappa shape index (κ1) is 13.0. The zero-order valence-electron chi connectivity index (χ0n) is 11.5. The van der Waals surface area contributed by atoms with Gasteiger partial charge in [0.1, 0.15) is 0 Å². The van der Waals surface area contributed by atoms with Gasteiger partial charge in [0.15, 0.2) is 0 Å². The molecule has 0 aliphatic carbocycles. The zero-order valence-corrected chi connectivity index (χ0v) is 11.5. The molecule has 2 aromatic rings. The number of pyridine rings is 1. The van der Waals surface area contributed by atoms with E-state index in [-0.39, 0.29) is 0 Å². The van der Waals surface area contributed by atoms with Gasteiger partial charge in [-0.3, -0.25) is 4.98 Å². The lowest BCUT2D eigenvalue weighted by atomic mass is 9.99. The fraction of sp³-hybridized carbons (Fsp3) is 0.438. The number of aromatic nitrogens is 1. The molecule has 2 rings (SSSR count). The summed E-state index contributed by atoms with van der Waals surface area (Å²) in [6.07, 6.45) is 2.19. The summed E-state index contributed by atoms with van der Waals surface area (Å²) in [5, 5.41) is 4.60. The van der Waals surface area contributed by atoms with E-state index in [9.17, 15) is 0 Å². The summed E-state index contributed by atoms with van der Waals surface area (Å²) in [5.74, 6) is 0.711. The van der Waals surface area contributed by atoms with E-state index in [1.165, 1.54) is 17.5 Å². The quantitative estimate of drug-likeness (QED) is 0.869. The SMILES string of the molecule is CNC(Cc1ccc2ccccc2n1)CC(C)C. The number of rotatable bonds is 5. The lowest BCUT2D eigenvalue weighted by Crippen LogP contribution is -2.29. The number of fused-ring (bicyclic) bond motifs is 1. The van der Waals surface area contributed by atoms with E-state index in [1.54, 1.807) is 0 Å². The number of para-hydroxylation sites is 1. The molecule has 0 fully saturated rings. The highest BCUT2D eigenvalue weighted by molar-refractivity contribution is 5.78. The third kappa shape index (κ3) is 3.30. The van der Waals surface area contributed by atoms with Crippen molar-refractivity contribution in [1.29, 1.82) is 0 Å². The molecular formula is C16H22N2. The first-order valence-corrected chi connectivity index (χ1v) is 6.71. The molecule has 1 aromatic heterocycles. The van der Waals surface area contributed by atoms with Crippen LogP contribution in [0.5, 0.6) is 0 Å². The molecule has 0 aliphatic heterocycles. The molecule has 0 saturated carbocycles. The minimum Gasteiger partial charge on any atom is -0.317 e. The Labute approximate surface area is 109 Å². The molecule has 1 aromatic carbocycles. The maximum atomic E-state index is 4.73. The molecule has 1 N–H and O–H groups in total. The fourth-order valence-electron chi connectivity index (χ4n) is 2.35. The van der Waals surface area contributed by atoms with E-state index in [0.29, 0.717) is 12.0 Å². The summed E-state index contributed by atoms with van der Waals surface area (Å²) in [7, 11) is 2.04.